The molecule has 1 N–H and O–H groups in total. The van der Waals surface area contributed by atoms with Crippen LogP contribution in [0.2, 0.25) is 0 Å². The van der Waals surface area contributed by atoms with Gasteiger partial charge in [-0.1, -0.05) is 60.2 Å². The van der Waals surface area contributed by atoms with Gasteiger partial charge in [-0.15, -0.1) is 0 Å². The number of nitrogens with zero attached hydrogens (tertiary/aromatic N) is 1. The first-order valence-electron chi connectivity index (χ1n) is 10.3. The summed E-state index contributed by atoms with van der Waals surface area (Å²) in [6.07, 6.45) is 6.69. The molecule has 0 saturated carbocycles. The minimum atomic E-state index is -3.59. The van der Waals surface area contributed by atoms with Gasteiger partial charge in [-0.25, -0.2) is 8.42 Å². The summed E-state index contributed by atoms with van der Waals surface area (Å²) in [5.74, 6) is -0.733. The first kappa shape index (κ1) is 24.2. The molecule has 33 heavy (non-hydrogen) atoms. The number of hydrogen-bond acceptors (Lipinski definition) is 5. The molecule has 0 radical (unpaired) electrons. The zero-order valence-corrected chi connectivity index (χ0v) is 19.3. The Kier molecular flexibility index (Phi) is 7.97. The Hall–Kier alpha value is -3.49. The molecule has 1 amide bonds. The standard InChI is InChI=1S/C25H26N2O5S/c1-19-10-12-22(13-11-19)25(29)23-9-5-15-27(23)14-4-8-20-6-3-7-21(16-20)17-32-18-24(28)26-33(2,30)31/h3-13,15-16H,14,17-18H2,1-2H3,(H,26,28)/b8-4+. The van der Waals surface area contributed by atoms with Crippen LogP contribution in [0.4, 0.5) is 0 Å². The highest BCUT2D eigenvalue weighted by Crippen LogP contribution is 2.13. The summed E-state index contributed by atoms with van der Waals surface area (Å²) in [5, 5.41) is 0. The van der Waals surface area contributed by atoms with E-state index in [1.54, 1.807) is 0 Å². The van der Waals surface area contributed by atoms with Crippen LogP contribution >= 0.6 is 0 Å². The number of rotatable bonds is 10. The van der Waals surface area contributed by atoms with Crippen molar-refractivity contribution in [2.75, 3.05) is 12.9 Å². The van der Waals surface area contributed by atoms with Crippen molar-refractivity contribution in [1.82, 2.24) is 9.29 Å². The summed E-state index contributed by atoms with van der Waals surface area (Å²) >= 11 is 0. The van der Waals surface area contributed by atoms with Crippen molar-refractivity contribution in [2.24, 2.45) is 0 Å². The van der Waals surface area contributed by atoms with Gasteiger partial charge in [-0.2, -0.15) is 0 Å². The fraction of sp³-hybridized carbons (Fsp3) is 0.200. The average Bonchev–Trinajstić information content (AvgIpc) is 3.21. The molecule has 1 heterocycles. The van der Waals surface area contributed by atoms with Crippen molar-refractivity contribution in [2.45, 2.75) is 20.1 Å². The summed E-state index contributed by atoms with van der Waals surface area (Å²) in [6.45, 7) is 2.34. The number of ketones is 1. The lowest BCUT2D eigenvalue weighted by Gasteiger charge is -2.07. The molecule has 2 aromatic carbocycles. The van der Waals surface area contributed by atoms with Gasteiger partial charge in [0.05, 0.1) is 18.6 Å². The predicted octanol–water partition coefficient (Wildman–Crippen LogP) is 3.33. The minimum Gasteiger partial charge on any atom is -0.367 e. The van der Waals surface area contributed by atoms with Crippen LogP contribution < -0.4 is 4.72 Å². The Morgan fingerprint density at radius 2 is 1.82 bits per heavy atom. The number of allylic oxidation sites excluding steroid dienone is 1. The third-order valence-corrected chi connectivity index (χ3v) is 5.34. The average molecular weight is 467 g/mol. The van der Waals surface area contributed by atoms with Gasteiger partial charge in [0.2, 0.25) is 15.8 Å². The number of benzene rings is 2. The summed E-state index contributed by atoms with van der Waals surface area (Å²) in [5.41, 5.74) is 4.17. The molecule has 0 spiro atoms. The van der Waals surface area contributed by atoms with Crippen molar-refractivity contribution in [1.29, 1.82) is 0 Å². The van der Waals surface area contributed by atoms with Gasteiger partial charge in [0.1, 0.15) is 6.61 Å². The molecule has 0 atom stereocenters. The Bertz CT molecular complexity index is 1260. The van der Waals surface area contributed by atoms with Crippen LogP contribution in [0.5, 0.6) is 0 Å². The third-order valence-electron chi connectivity index (χ3n) is 4.74. The van der Waals surface area contributed by atoms with Crippen molar-refractivity contribution in [3.63, 3.8) is 0 Å². The van der Waals surface area contributed by atoms with Gasteiger partial charge >= 0.3 is 0 Å². The highest BCUT2D eigenvalue weighted by atomic mass is 32.2. The van der Waals surface area contributed by atoms with Gasteiger partial charge in [0.25, 0.3) is 5.91 Å². The highest BCUT2D eigenvalue weighted by Gasteiger charge is 2.12. The largest absolute Gasteiger partial charge is 0.367 e. The van der Waals surface area contributed by atoms with Crippen molar-refractivity contribution >= 4 is 27.8 Å². The molecule has 172 valence electrons. The number of aryl methyl sites for hydroxylation is 1. The quantitative estimate of drug-likeness (QED) is 0.463. The van der Waals surface area contributed by atoms with Crippen LogP contribution in [-0.2, 0) is 32.7 Å². The van der Waals surface area contributed by atoms with Crippen LogP contribution in [0, 0.1) is 6.92 Å². The molecule has 8 heteroatoms. The zero-order valence-electron chi connectivity index (χ0n) is 18.5. The van der Waals surface area contributed by atoms with Crippen LogP contribution in [0.3, 0.4) is 0 Å². The van der Waals surface area contributed by atoms with E-state index >= 15 is 0 Å². The number of hydrogen-bond donors (Lipinski definition) is 1. The summed E-state index contributed by atoms with van der Waals surface area (Å²) < 4.78 is 31.1. The monoisotopic (exact) mass is 466 g/mol. The molecule has 0 aliphatic carbocycles. The van der Waals surface area contributed by atoms with Crippen molar-refractivity contribution in [3.05, 3.63) is 101 Å². The summed E-state index contributed by atoms with van der Waals surface area (Å²) in [7, 11) is -3.59. The minimum absolute atomic E-state index is 0.0209. The lowest BCUT2D eigenvalue weighted by atomic mass is 10.1. The van der Waals surface area contributed by atoms with E-state index < -0.39 is 15.9 Å². The van der Waals surface area contributed by atoms with E-state index in [2.05, 4.69) is 0 Å². The molecule has 0 aliphatic rings. The number of aromatic nitrogens is 1. The molecule has 0 aliphatic heterocycles. The van der Waals surface area contributed by atoms with E-state index in [0.717, 1.165) is 22.9 Å². The van der Waals surface area contributed by atoms with E-state index in [1.165, 1.54) is 0 Å². The molecular formula is C25H26N2O5S. The second-order valence-electron chi connectivity index (χ2n) is 7.68. The molecule has 3 aromatic rings. The number of nitrogens with one attached hydrogen (secondary N) is 1. The maximum Gasteiger partial charge on any atom is 0.259 e. The molecule has 1 aromatic heterocycles. The SMILES string of the molecule is Cc1ccc(C(=O)c2cccn2C/C=C/c2cccc(COCC(=O)NS(C)(=O)=O)c2)cc1. The van der Waals surface area contributed by atoms with E-state index in [0.29, 0.717) is 17.8 Å². The first-order valence-corrected chi connectivity index (χ1v) is 12.2. The molecular weight excluding hydrogens is 440 g/mol. The van der Waals surface area contributed by atoms with Gasteiger partial charge in [-0.05, 0) is 36.2 Å². The Labute approximate surface area is 193 Å². The van der Waals surface area contributed by atoms with E-state index in [-0.39, 0.29) is 19.0 Å². The summed E-state index contributed by atoms with van der Waals surface area (Å²) in [6, 6.07) is 18.8. The second-order valence-corrected chi connectivity index (χ2v) is 9.43. The van der Waals surface area contributed by atoms with E-state index in [1.807, 2.05) is 95.2 Å². The van der Waals surface area contributed by atoms with Crippen molar-refractivity contribution in [3.8, 4) is 0 Å². The first-order chi connectivity index (χ1) is 15.7. The van der Waals surface area contributed by atoms with Crippen molar-refractivity contribution < 1.29 is 22.7 Å². The van der Waals surface area contributed by atoms with Crippen LogP contribution in [0.25, 0.3) is 6.08 Å². The van der Waals surface area contributed by atoms with E-state index in [9.17, 15) is 18.0 Å². The second kappa shape index (κ2) is 10.9. The lowest BCUT2D eigenvalue weighted by molar-refractivity contribution is -0.124. The topological polar surface area (TPSA) is 94.5 Å². The summed E-state index contributed by atoms with van der Waals surface area (Å²) in [4.78, 5) is 24.3. The maximum atomic E-state index is 12.8. The molecule has 7 nitrogen and oxygen atoms in total. The Morgan fingerprint density at radius 3 is 2.55 bits per heavy atom. The Morgan fingerprint density at radius 1 is 1.06 bits per heavy atom. The molecule has 0 bridgehead atoms. The Balaban J connectivity index is 1.57. The number of sulfonamides is 1. The van der Waals surface area contributed by atoms with Gasteiger partial charge < -0.3 is 9.30 Å². The fourth-order valence-electron chi connectivity index (χ4n) is 3.22. The van der Waals surface area contributed by atoms with Crippen LogP contribution in [0.15, 0.2) is 72.9 Å². The molecule has 3 rings (SSSR count). The van der Waals surface area contributed by atoms with Gasteiger partial charge in [0.15, 0.2) is 0 Å². The zero-order chi connectivity index (χ0) is 23.8. The third kappa shape index (κ3) is 7.55. The van der Waals surface area contributed by atoms with Crippen LogP contribution in [0.1, 0.15) is 32.7 Å². The molecule has 0 saturated heterocycles. The van der Waals surface area contributed by atoms with Gasteiger partial charge in [0, 0.05) is 18.3 Å². The number of carbonyl (C=O) groups excluding carboxylic acids is 2. The normalized spacial score (nSPS) is 11.6. The number of amides is 1. The smallest absolute Gasteiger partial charge is 0.259 e. The number of ether oxygens (including phenoxy) is 1. The molecule has 0 unspecified atom stereocenters. The fourth-order valence-corrected chi connectivity index (χ4v) is 3.69. The maximum absolute atomic E-state index is 12.8. The van der Waals surface area contributed by atoms with Gasteiger partial charge in [-0.3, -0.25) is 14.3 Å². The number of carbonyl (C=O) groups is 2. The highest BCUT2D eigenvalue weighted by molar-refractivity contribution is 7.89. The van der Waals surface area contributed by atoms with Crippen LogP contribution in [-0.4, -0.2) is 37.5 Å². The lowest BCUT2D eigenvalue weighted by Crippen LogP contribution is -2.32. The predicted molar refractivity (Wildman–Crippen MR) is 127 cm³/mol. The molecule has 0 fully saturated rings. The van der Waals surface area contributed by atoms with E-state index in [4.69, 9.17) is 4.74 Å².